The topological polar surface area (TPSA) is 164 Å². The van der Waals surface area contributed by atoms with Crippen molar-refractivity contribution in [3.8, 4) is 0 Å². The minimum absolute atomic E-state index is 0.122. The van der Waals surface area contributed by atoms with Gasteiger partial charge in [-0.1, -0.05) is 0 Å². The highest BCUT2D eigenvalue weighted by Crippen LogP contribution is 2.27. The highest BCUT2D eigenvalue weighted by atomic mass is 16.3. The number of aromatic nitrogens is 1. The van der Waals surface area contributed by atoms with Gasteiger partial charge in [0.15, 0.2) is 0 Å². The van der Waals surface area contributed by atoms with E-state index in [0.29, 0.717) is 16.8 Å². The molecule has 1 rings (SSSR count). The molecule has 0 saturated carbocycles. The van der Waals surface area contributed by atoms with Crippen molar-refractivity contribution in [1.29, 1.82) is 0 Å². The zero-order chi connectivity index (χ0) is 15.1. The molecule has 9 heteroatoms. The molecule has 20 heavy (non-hydrogen) atoms. The second kappa shape index (κ2) is 7.26. The van der Waals surface area contributed by atoms with Crippen LogP contribution in [0.15, 0.2) is 6.20 Å². The Balaban J connectivity index is 3.33. The van der Waals surface area contributed by atoms with Gasteiger partial charge in [-0.05, 0) is 12.0 Å². The first-order valence-corrected chi connectivity index (χ1v) is 5.85. The van der Waals surface area contributed by atoms with Crippen molar-refractivity contribution in [1.82, 2.24) is 4.98 Å². The van der Waals surface area contributed by atoms with E-state index in [1.807, 2.05) is 0 Å². The van der Waals surface area contributed by atoms with E-state index in [0.717, 1.165) is 0 Å². The van der Waals surface area contributed by atoms with Crippen LogP contribution in [0.2, 0.25) is 0 Å². The summed E-state index contributed by atoms with van der Waals surface area (Å²) in [6, 6.07) is -1.63. The number of carbonyl (C=O) groups excluding carboxylic acids is 2. The Hall–Kier alpha value is -2.39. The molecule has 1 aromatic rings. The van der Waals surface area contributed by atoms with Gasteiger partial charge in [-0.15, -0.1) is 0 Å². The zero-order valence-corrected chi connectivity index (χ0v) is 10.7. The fraction of sp³-hybridized carbons (Fsp3) is 0.364. The molecular weight excluding hydrogens is 266 g/mol. The molecule has 1 heterocycles. The lowest BCUT2D eigenvalue weighted by atomic mass is 10.0. The number of hydrogen-bond acceptors (Lipinski definition) is 5. The molecule has 0 unspecified atom stereocenters. The van der Waals surface area contributed by atoms with Crippen molar-refractivity contribution in [2.75, 3.05) is 23.8 Å². The van der Waals surface area contributed by atoms with Crippen molar-refractivity contribution in [2.45, 2.75) is 12.8 Å². The minimum atomic E-state index is -0.823. The third-order valence-electron chi connectivity index (χ3n) is 2.49. The molecule has 0 bridgehead atoms. The van der Waals surface area contributed by atoms with Gasteiger partial charge in [0.25, 0.3) is 0 Å². The second-order valence-electron chi connectivity index (χ2n) is 3.91. The standard InChI is InChI=1S/C11H17N5O4/c12-10(19)15-8-6(1-3-17)5-14-9(16-11(13)20)7(8)2-4-18/h5,17-18H,1-4H2,(H6,12,13,14,15,16,19,20). The minimum Gasteiger partial charge on any atom is -0.396 e. The van der Waals surface area contributed by atoms with Crippen LogP contribution in [0.4, 0.5) is 21.1 Å². The van der Waals surface area contributed by atoms with E-state index in [1.54, 1.807) is 0 Å². The summed E-state index contributed by atoms with van der Waals surface area (Å²) >= 11 is 0. The van der Waals surface area contributed by atoms with Crippen LogP contribution in [0.3, 0.4) is 0 Å². The largest absolute Gasteiger partial charge is 0.396 e. The second-order valence-corrected chi connectivity index (χ2v) is 3.91. The quantitative estimate of drug-likeness (QED) is 0.399. The van der Waals surface area contributed by atoms with Crippen molar-refractivity contribution >= 4 is 23.6 Å². The van der Waals surface area contributed by atoms with Gasteiger partial charge in [0, 0.05) is 31.4 Å². The number of pyridine rings is 1. The normalized spacial score (nSPS) is 10.1. The Morgan fingerprint density at radius 2 is 1.70 bits per heavy atom. The number of rotatable bonds is 6. The van der Waals surface area contributed by atoms with Gasteiger partial charge >= 0.3 is 12.1 Å². The molecule has 0 aliphatic heterocycles. The Morgan fingerprint density at radius 1 is 1.10 bits per heavy atom. The van der Waals surface area contributed by atoms with E-state index in [2.05, 4.69) is 15.6 Å². The SMILES string of the molecule is NC(=O)Nc1ncc(CCO)c(NC(N)=O)c1CCO. The summed E-state index contributed by atoms with van der Waals surface area (Å²) in [7, 11) is 0. The predicted molar refractivity (Wildman–Crippen MR) is 72.2 cm³/mol. The number of amides is 4. The summed E-state index contributed by atoms with van der Waals surface area (Å²) in [6.07, 6.45) is 1.74. The molecule has 0 aliphatic carbocycles. The number of anilines is 2. The third-order valence-corrected chi connectivity index (χ3v) is 2.49. The number of nitrogens with zero attached hydrogens (tertiary/aromatic N) is 1. The first-order chi connectivity index (χ1) is 9.49. The average molecular weight is 283 g/mol. The van der Waals surface area contributed by atoms with Gasteiger partial charge < -0.3 is 27.0 Å². The van der Waals surface area contributed by atoms with Crippen molar-refractivity contribution in [2.24, 2.45) is 11.5 Å². The molecule has 0 radical (unpaired) electrons. The summed E-state index contributed by atoms with van der Waals surface area (Å²) in [5.41, 5.74) is 11.4. The first kappa shape index (κ1) is 15.7. The summed E-state index contributed by atoms with van der Waals surface area (Å²) < 4.78 is 0. The third kappa shape index (κ3) is 4.07. The number of nitrogens with one attached hydrogen (secondary N) is 2. The van der Waals surface area contributed by atoms with Crippen LogP contribution < -0.4 is 22.1 Å². The Morgan fingerprint density at radius 3 is 2.20 bits per heavy atom. The van der Waals surface area contributed by atoms with Gasteiger partial charge in [0.05, 0.1) is 5.69 Å². The molecule has 0 aliphatic rings. The number of carbonyl (C=O) groups is 2. The van der Waals surface area contributed by atoms with Crippen LogP contribution in [0.5, 0.6) is 0 Å². The molecule has 110 valence electrons. The highest BCUT2D eigenvalue weighted by molar-refractivity contribution is 5.93. The van der Waals surface area contributed by atoms with Crippen molar-refractivity contribution in [3.63, 3.8) is 0 Å². The van der Waals surface area contributed by atoms with Gasteiger partial charge in [0.2, 0.25) is 0 Å². The molecular formula is C11H17N5O4. The monoisotopic (exact) mass is 283 g/mol. The maximum absolute atomic E-state index is 11.1. The van der Waals surface area contributed by atoms with Crippen molar-refractivity contribution in [3.05, 3.63) is 17.3 Å². The van der Waals surface area contributed by atoms with Crippen LogP contribution >= 0.6 is 0 Å². The van der Waals surface area contributed by atoms with E-state index in [9.17, 15) is 9.59 Å². The first-order valence-electron chi connectivity index (χ1n) is 5.85. The van der Waals surface area contributed by atoms with Crippen LogP contribution in [-0.4, -0.2) is 40.5 Å². The van der Waals surface area contributed by atoms with E-state index in [1.165, 1.54) is 6.20 Å². The zero-order valence-electron chi connectivity index (χ0n) is 10.7. The number of aliphatic hydroxyl groups excluding tert-OH is 2. The fourth-order valence-corrected chi connectivity index (χ4v) is 1.77. The van der Waals surface area contributed by atoms with Crippen molar-refractivity contribution < 1.29 is 19.8 Å². The number of primary amides is 2. The lowest BCUT2D eigenvalue weighted by Crippen LogP contribution is -2.25. The summed E-state index contributed by atoms with van der Waals surface area (Å²) in [6.45, 7) is -0.387. The number of nitrogens with two attached hydrogens (primary N) is 2. The van der Waals surface area contributed by atoms with Crippen LogP contribution in [0, 0.1) is 0 Å². The van der Waals surface area contributed by atoms with Crippen LogP contribution in [0.25, 0.3) is 0 Å². The average Bonchev–Trinajstić information content (AvgIpc) is 2.35. The smallest absolute Gasteiger partial charge is 0.317 e. The maximum atomic E-state index is 11.1. The molecule has 0 atom stereocenters. The summed E-state index contributed by atoms with van der Waals surface area (Å²) in [4.78, 5) is 26.0. The lowest BCUT2D eigenvalue weighted by molar-refractivity contribution is 0.258. The predicted octanol–water partition coefficient (Wildman–Crippen LogP) is -0.868. The molecule has 9 nitrogen and oxygen atoms in total. The number of hydrogen-bond donors (Lipinski definition) is 6. The summed E-state index contributed by atoms with van der Waals surface area (Å²) in [5, 5.41) is 22.8. The van der Waals surface area contributed by atoms with Gasteiger partial charge in [-0.3, -0.25) is 5.32 Å². The van der Waals surface area contributed by atoms with Gasteiger partial charge in [-0.25, -0.2) is 14.6 Å². The van der Waals surface area contributed by atoms with E-state index in [4.69, 9.17) is 21.7 Å². The molecule has 0 spiro atoms. The fourth-order valence-electron chi connectivity index (χ4n) is 1.77. The Bertz CT molecular complexity index is 506. The molecule has 0 fully saturated rings. The van der Waals surface area contributed by atoms with E-state index in [-0.39, 0.29) is 31.9 Å². The van der Waals surface area contributed by atoms with Crippen LogP contribution in [-0.2, 0) is 12.8 Å². The van der Waals surface area contributed by atoms with Gasteiger partial charge in [0.1, 0.15) is 5.82 Å². The highest BCUT2D eigenvalue weighted by Gasteiger charge is 2.16. The Labute approximate surface area is 115 Å². The maximum Gasteiger partial charge on any atom is 0.317 e. The molecule has 8 N–H and O–H groups in total. The Kier molecular flexibility index (Phi) is 5.69. The van der Waals surface area contributed by atoms with E-state index >= 15 is 0 Å². The number of aliphatic hydroxyl groups is 2. The van der Waals surface area contributed by atoms with Gasteiger partial charge in [-0.2, -0.15) is 0 Å². The molecule has 1 aromatic heterocycles. The van der Waals surface area contributed by atoms with Crippen LogP contribution in [0.1, 0.15) is 11.1 Å². The lowest BCUT2D eigenvalue weighted by Gasteiger charge is -2.17. The van der Waals surface area contributed by atoms with E-state index < -0.39 is 12.1 Å². The molecule has 4 amide bonds. The summed E-state index contributed by atoms with van der Waals surface area (Å²) in [5.74, 6) is 0.122. The molecule has 0 aromatic carbocycles. The number of urea groups is 2. The molecule has 0 saturated heterocycles.